The van der Waals surface area contributed by atoms with Gasteiger partial charge in [0.1, 0.15) is 30.2 Å². The lowest BCUT2D eigenvalue weighted by molar-refractivity contribution is -0.178. The number of esters is 4. The van der Waals surface area contributed by atoms with Crippen LogP contribution in [0.3, 0.4) is 0 Å². The van der Waals surface area contributed by atoms with Crippen LogP contribution in [0.4, 0.5) is 11.9 Å². The van der Waals surface area contributed by atoms with Gasteiger partial charge in [0.05, 0.1) is 24.7 Å². The van der Waals surface area contributed by atoms with Gasteiger partial charge in [-0.3, -0.25) is 19.2 Å². The molecule has 6 fully saturated rings. The fourth-order valence-electron chi connectivity index (χ4n) is 20.4. The Morgan fingerprint density at radius 3 is 1.02 bits per heavy atom. The first-order chi connectivity index (χ1) is 45.5. The van der Waals surface area contributed by atoms with Crippen LogP contribution in [-0.4, -0.2) is 172 Å². The van der Waals surface area contributed by atoms with E-state index in [-0.39, 0.29) is 77.4 Å². The molecule has 20 nitrogen and oxygen atoms in total. The topological polar surface area (TPSA) is 235 Å². The van der Waals surface area contributed by atoms with E-state index in [9.17, 15) is 19.2 Å². The van der Waals surface area contributed by atoms with Crippen LogP contribution in [0.2, 0.25) is 0 Å². The average molecular weight is 1420 g/mol. The van der Waals surface area contributed by atoms with Crippen LogP contribution in [0.1, 0.15) is 329 Å². The third kappa shape index (κ3) is 28.8. The lowest BCUT2D eigenvalue weighted by atomic mass is 9.79. The van der Waals surface area contributed by atoms with Crippen LogP contribution in [0.5, 0.6) is 0 Å². The molecule has 0 aliphatic carbocycles. The first kappa shape index (κ1) is 86.1. The summed E-state index contributed by atoms with van der Waals surface area (Å²) in [4.78, 5) is 77.2. The van der Waals surface area contributed by atoms with Gasteiger partial charge in [-0.15, -0.1) is 0 Å². The SMILES string of the molecule is CC1(C)CC(OC(=O)CC(C(=O)OC2CC(C)(C)NC(C)(C)C2)C(CC(=O)OC2CC(C)(C)NC(C)(C)C2)C(=O)OC2CC(C)(C)NC(C)(C)C2)CC(C)(C)N1.Cc1nc(NC(C)(C)CC(C)(C)C)nc(N(CCCCCCN(C)C2CC(C)(C)NC(C)(C)C2)C2CC(C)(C)NC(C)(C)C2)n1. The summed E-state index contributed by atoms with van der Waals surface area (Å²) in [6, 6.07) is 1.01. The zero-order valence-corrected chi connectivity index (χ0v) is 70.0. The largest absolute Gasteiger partial charge is 0.462 e. The molecule has 0 amide bonds. The van der Waals surface area contributed by atoms with Crippen molar-refractivity contribution in [2.75, 3.05) is 30.4 Å². The molecule has 7 heterocycles. The quantitative estimate of drug-likeness (QED) is 0.0289. The van der Waals surface area contributed by atoms with Crippen molar-refractivity contribution >= 4 is 35.8 Å². The maximum Gasteiger partial charge on any atom is 0.310 e. The van der Waals surface area contributed by atoms with Crippen molar-refractivity contribution in [1.29, 1.82) is 0 Å². The second kappa shape index (κ2) is 31.6. The van der Waals surface area contributed by atoms with E-state index in [4.69, 9.17) is 33.9 Å². The maximum atomic E-state index is 14.6. The second-order valence-electron chi connectivity index (χ2n) is 42.4. The number of aromatic nitrogens is 3. The number of nitrogens with one attached hydrogen (secondary N) is 7. The third-order valence-electron chi connectivity index (χ3n) is 21.1. The Labute approximate surface area is 614 Å². The van der Waals surface area contributed by atoms with Gasteiger partial charge in [0.2, 0.25) is 11.9 Å². The summed E-state index contributed by atoms with van der Waals surface area (Å²) in [5.74, 6) is -3.04. The molecule has 7 N–H and O–H groups in total. The molecule has 7 rings (SSSR count). The maximum absolute atomic E-state index is 14.6. The van der Waals surface area contributed by atoms with Crippen LogP contribution in [0.15, 0.2) is 0 Å². The Morgan fingerprint density at radius 1 is 0.416 bits per heavy atom. The van der Waals surface area contributed by atoms with E-state index in [1.807, 2.05) is 6.92 Å². The number of unbranched alkanes of at least 4 members (excludes halogenated alkanes) is 3. The summed E-state index contributed by atoms with van der Waals surface area (Å²) < 4.78 is 24.8. The number of piperidine rings is 6. The molecule has 2 atom stereocenters. The van der Waals surface area contributed by atoms with E-state index >= 15 is 0 Å². The first-order valence-electron chi connectivity index (χ1n) is 39.0. The lowest BCUT2D eigenvalue weighted by Gasteiger charge is -2.49. The Balaban J connectivity index is 0.000000326. The van der Waals surface area contributed by atoms with Crippen molar-refractivity contribution in [1.82, 2.24) is 51.8 Å². The first-order valence-corrected chi connectivity index (χ1v) is 39.0. The van der Waals surface area contributed by atoms with Crippen molar-refractivity contribution in [3.63, 3.8) is 0 Å². The van der Waals surface area contributed by atoms with E-state index < -0.39 is 73.0 Å². The molecule has 0 aromatic carbocycles. The second-order valence-corrected chi connectivity index (χ2v) is 42.4. The summed E-state index contributed by atoms with van der Waals surface area (Å²) in [7, 11) is 2.34. The van der Waals surface area contributed by atoms with Crippen molar-refractivity contribution in [2.24, 2.45) is 17.3 Å². The lowest BCUT2D eigenvalue weighted by Crippen LogP contribution is -2.62. The molecule has 2 unspecified atom stereocenters. The van der Waals surface area contributed by atoms with Gasteiger partial charge in [0, 0.05) is 142 Å². The molecule has 101 heavy (non-hydrogen) atoms. The molecular weight excluding hydrogens is 1270 g/mol. The summed E-state index contributed by atoms with van der Waals surface area (Å²) >= 11 is 0. The smallest absolute Gasteiger partial charge is 0.310 e. The summed E-state index contributed by atoms with van der Waals surface area (Å²) in [6.07, 6.45) is 12.3. The number of carbonyl (C=O) groups excluding carboxylic acids is 4. The molecule has 1 aromatic heterocycles. The van der Waals surface area contributed by atoms with E-state index in [1.165, 1.54) is 38.6 Å². The van der Waals surface area contributed by atoms with Gasteiger partial charge in [-0.1, -0.05) is 33.6 Å². The molecule has 6 saturated heterocycles. The average Bonchev–Trinajstić information content (AvgIpc) is 0.804. The zero-order chi connectivity index (χ0) is 76.6. The monoisotopic (exact) mass is 1420 g/mol. The van der Waals surface area contributed by atoms with Gasteiger partial charge in [0.25, 0.3) is 0 Å². The summed E-state index contributed by atoms with van der Waals surface area (Å²) in [5.41, 5.74) is -1.93. The van der Waals surface area contributed by atoms with Crippen molar-refractivity contribution in [2.45, 2.75) is 438 Å². The Kier molecular flexibility index (Phi) is 26.9. The van der Waals surface area contributed by atoms with Gasteiger partial charge in [-0.05, 0) is 251 Å². The van der Waals surface area contributed by atoms with Crippen LogP contribution in [0.25, 0.3) is 0 Å². The van der Waals surface area contributed by atoms with E-state index in [0.29, 0.717) is 69.4 Å². The van der Waals surface area contributed by atoms with Crippen molar-refractivity contribution in [3.8, 4) is 0 Å². The van der Waals surface area contributed by atoms with Gasteiger partial charge in [0.15, 0.2) is 0 Å². The highest BCUT2D eigenvalue weighted by atomic mass is 16.6. The molecule has 20 heteroatoms. The molecule has 0 bridgehead atoms. The van der Waals surface area contributed by atoms with Crippen LogP contribution in [0, 0.1) is 24.2 Å². The number of anilines is 2. The van der Waals surface area contributed by atoms with Crippen LogP contribution < -0.4 is 42.1 Å². The zero-order valence-electron chi connectivity index (χ0n) is 70.0. The highest BCUT2D eigenvalue weighted by Crippen LogP contribution is 2.40. The van der Waals surface area contributed by atoms with E-state index in [0.717, 1.165) is 44.0 Å². The van der Waals surface area contributed by atoms with Gasteiger partial charge >= 0.3 is 23.9 Å². The predicted molar refractivity (Wildman–Crippen MR) is 411 cm³/mol. The molecular formula is C81H150N12O8. The third-order valence-corrected chi connectivity index (χ3v) is 21.1. The number of rotatable bonds is 24. The van der Waals surface area contributed by atoms with Gasteiger partial charge in [-0.25, -0.2) is 0 Å². The van der Waals surface area contributed by atoms with Crippen LogP contribution >= 0.6 is 0 Å². The Hall–Kier alpha value is -3.79. The summed E-state index contributed by atoms with van der Waals surface area (Å²) in [6.45, 7) is 67.3. The fraction of sp³-hybridized carbons (Fsp3) is 0.914. The molecule has 0 radical (unpaired) electrons. The summed E-state index contributed by atoms with van der Waals surface area (Å²) in [5, 5.41) is 25.8. The predicted octanol–water partition coefficient (Wildman–Crippen LogP) is 14.1. The molecule has 0 saturated carbocycles. The van der Waals surface area contributed by atoms with E-state index in [2.05, 4.69) is 255 Å². The normalized spacial score (nSPS) is 25.3. The molecule has 6 aliphatic rings. The van der Waals surface area contributed by atoms with Crippen molar-refractivity contribution in [3.05, 3.63) is 5.82 Å². The minimum Gasteiger partial charge on any atom is -0.462 e. The number of aryl methyl sites for hydroxylation is 1. The van der Waals surface area contributed by atoms with Gasteiger partial charge in [-0.2, -0.15) is 15.0 Å². The molecule has 0 spiro atoms. The molecule has 6 aliphatic heterocycles. The minimum absolute atomic E-state index is 0.0465. The number of ether oxygens (including phenoxy) is 4. The standard InChI is InChI=1S/C44H78N4O8.C37H72N8/c1-37(2)19-27(20-38(3,4)45-37)53-33(49)17-31(35(51)55-29-23-41(9,10)47-42(11,12)24-29)32(36(52)56-30-25-43(13,14)48-44(15,16)26-30)18-34(50)54-28-21-39(5,6)46-40(7,8)22-28;1-27-38-30(41-37(13,14)26-32(2,3)4)40-31(39-27)45(29-24-35(9,10)43-36(11,12)25-29)21-19-17-16-18-20-44(15)28-22-33(5,6)42-34(7,8)23-28/h27-32,45-48H,17-26H2,1-16H3;28-29,42-43H,16-26H2,1-15H3,(H,38,39,40,41). The highest BCUT2D eigenvalue weighted by molar-refractivity contribution is 5.89. The molecule has 582 valence electrons. The van der Waals surface area contributed by atoms with Crippen molar-refractivity contribution < 1.29 is 38.1 Å². The van der Waals surface area contributed by atoms with Crippen LogP contribution in [-0.2, 0) is 38.1 Å². The number of nitrogens with zero attached hydrogens (tertiary/aromatic N) is 5. The number of hydrogen-bond acceptors (Lipinski definition) is 20. The van der Waals surface area contributed by atoms with Gasteiger partial charge < -0.3 is 66.0 Å². The number of hydrogen-bond donors (Lipinski definition) is 7. The Bertz CT molecular complexity index is 2750. The highest BCUT2D eigenvalue weighted by Gasteiger charge is 2.50. The van der Waals surface area contributed by atoms with E-state index in [1.54, 1.807) is 0 Å². The fourth-order valence-corrected chi connectivity index (χ4v) is 20.4. The minimum atomic E-state index is -1.34. The number of carbonyl (C=O) groups is 4. The Morgan fingerprint density at radius 2 is 0.703 bits per heavy atom. The molecule has 1 aromatic rings.